The number of nitrogens with one attached hydrogen (secondary N) is 1. The highest BCUT2D eigenvalue weighted by molar-refractivity contribution is 7.15. The number of hydrogen-bond donors (Lipinski definition) is 2. The van der Waals surface area contributed by atoms with Crippen LogP contribution in [0.2, 0.25) is 0 Å². The fourth-order valence-electron chi connectivity index (χ4n) is 3.04. The minimum Gasteiger partial charge on any atom is -0.477 e. The molecule has 1 aromatic heterocycles. The van der Waals surface area contributed by atoms with Crippen molar-refractivity contribution in [3.8, 4) is 0 Å². The molecule has 0 saturated carbocycles. The topological polar surface area (TPSA) is 86.7 Å². The number of aryl methyl sites for hydroxylation is 1. The second kappa shape index (κ2) is 7.70. The van der Waals surface area contributed by atoms with Gasteiger partial charge in [-0.3, -0.25) is 9.59 Å². The number of rotatable bonds is 4. The summed E-state index contributed by atoms with van der Waals surface area (Å²) in [5.74, 6) is -1.25. The number of carboxylic acids is 1. The molecule has 0 radical (unpaired) electrons. The normalized spacial score (nSPS) is 14.9. The van der Waals surface area contributed by atoms with Gasteiger partial charge in [-0.25, -0.2) is 4.79 Å². The molecule has 2 heterocycles. The van der Waals surface area contributed by atoms with Crippen LogP contribution >= 0.6 is 11.3 Å². The molecule has 2 aromatic rings. The molecular formula is C19H20N2O4S. The Kier molecular flexibility index (Phi) is 5.37. The highest BCUT2D eigenvalue weighted by Gasteiger charge is 2.26. The van der Waals surface area contributed by atoms with Crippen LogP contribution in [0.1, 0.15) is 48.1 Å². The minimum atomic E-state index is -1.02. The van der Waals surface area contributed by atoms with Crippen molar-refractivity contribution < 1.29 is 19.5 Å². The molecule has 3 rings (SSSR count). The third-order valence-corrected chi connectivity index (χ3v) is 5.60. The fourth-order valence-corrected chi connectivity index (χ4v) is 3.85. The SMILES string of the molecule is Cc1ccccc1C(=O)NC1CCN(C(=O)c2ccc(C(=O)O)s2)CC1. The Bertz CT molecular complexity index is 838. The largest absolute Gasteiger partial charge is 0.477 e. The molecule has 2 amide bonds. The van der Waals surface area contributed by atoms with Crippen LogP contribution in [0, 0.1) is 6.92 Å². The van der Waals surface area contributed by atoms with E-state index in [1.165, 1.54) is 6.07 Å². The fraction of sp³-hybridized carbons (Fsp3) is 0.316. The predicted molar refractivity (Wildman–Crippen MR) is 98.8 cm³/mol. The average molecular weight is 372 g/mol. The average Bonchev–Trinajstić information content (AvgIpc) is 3.12. The predicted octanol–water partition coefficient (Wildman–Crippen LogP) is 2.79. The minimum absolute atomic E-state index is 0.0315. The molecule has 1 fully saturated rings. The maximum atomic E-state index is 12.5. The number of aromatic carboxylic acids is 1. The summed E-state index contributed by atoms with van der Waals surface area (Å²) < 4.78 is 0. The van der Waals surface area contributed by atoms with Crippen molar-refractivity contribution in [2.24, 2.45) is 0 Å². The second-order valence-corrected chi connectivity index (χ2v) is 7.41. The summed E-state index contributed by atoms with van der Waals surface area (Å²) in [5.41, 5.74) is 1.61. The summed E-state index contributed by atoms with van der Waals surface area (Å²) in [6.45, 7) is 2.98. The number of carboxylic acid groups (broad SMARTS) is 1. The van der Waals surface area contributed by atoms with Gasteiger partial charge in [0.2, 0.25) is 0 Å². The number of carbonyl (C=O) groups is 3. The summed E-state index contributed by atoms with van der Waals surface area (Å²) in [6.07, 6.45) is 1.36. The number of nitrogens with zero attached hydrogens (tertiary/aromatic N) is 1. The molecule has 1 aliphatic heterocycles. The zero-order valence-electron chi connectivity index (χ0n) is 14.4. The van der Waals surface area contributed by atoms with Crippen molar-refractivity contribution in [2.45, 2.75) is 25.8 Å². The first-order valence-corrected chi connectivity index (χ1v) is 9.26. The summed E-state index contributed by atoms with van der Waals surface area (Å²) >= 11 is 0.993. The van der Waals surface area contributed by atoms with Crippen molar-refractivity contribution >= 4 is 29.1 Å². The summed E-state index contributed by atoms with van der Waals surface area (Å²) in [4.78, 5) is 38.1. The molecule has 0 atom stereocenters. The van der Waals surface area contributed by atoms with Crippen molar-refractivity contribution in [1.82, 2.24) is 10.2 Å². The van der Waals surface area contributed by atoms with Crippen molar-refractivity contribution in [3.05, 3.63) is 57.3 Å². The smallest absolute Gasteiger partial charge is 0.345 e. The number of likely N-dealkylation sites (tertiary alicyclic amines) is 1. The molecule has 1 saturated heterocycles. The van der Waals surface area contributed by atoms with E-state index in [0.29, 0.717) is 36.4 Å². The Morgan fingerprint density at radius 3 is 2.35 bits per heavy atom. The molecule has 26 heavy (non-hydrogen) atoms. The molecule has 2 N–H and O–H groups in total. The summed E-state index contributed by atoms with van der Waals surface area (Å²) in [7, 11) is 0. The van der Waals surface area contributed by atoms with Crippen LogP contribution in [-0.4, -0.2) is 46.9 Å². The molecule has 0 aliphatic carbocycles. The van der Waals surface area contributed by atoms with E-state index in [0.717, 1.165) is 16.9 Å². The van der Waals surface area contributed by atoms with Crippen molar-refractivity contribution in [2.75, 3.05) is 13.1 Å². The number of piperidine rings is 1. The second-order valence-electron chi connectivity index (χ2n) is 6.32. The van der Waals surface area contributed by atoms with Gasteiger partial charge in [0.25, 0.3) is 11.8 Å². The van der Waals surface area contributed by atoms with Crippen molar-refractivity contribution in [1.29, 1.82) is 0 Å². The van der Waals surface area contributed by atoms with Gasteiger partial charge in [-0.05, 0) is 43.5 Å². The highest BCUT2D eigenvalue weighted by atomic mass is 32.1. The first-order valence-electron chi connectivity index (χ1n) is 8.44. The van der Waals surface area contributed by atoms with Gasteiger partial charge in [0.05, 0.1) is 4.88 Å². The first-order chi connectivity index (χ1) is 12.5. The van der Waals surface area contributed by atoms with E-state index in [4.69, 9.17) is 5.11 Å². The summed E-state index contributed by atoms with van der Waals surface area (Å²) in [6, 6.07) is 10.5. The van der Waals surface area contributed by atoms with Crippen LogP contribution < -0.4 is 5.32 Å². The summed E-state index contributed by atoms with van der Waals surface area (Å²) in [5, 5.41) is 12.0. The Labute approximate surface area is 155 Å². The van der Waals surface area contributed by atoms with E-state index in [-0.39, 0.29) is 22.7 Å². The quantitative estimate of drug-likeness (QED) is 0.864. The lowest BCUT2D eigenvalue weighted by molar-refractivity contribution is 0.0693. The molecular weight excluding hydrogens is 352 g/mol. The number of thiophene rings is 1. The molecule has 0 bridgehead atoms. The van der Waals surface area contributed by atoms with Gasteiger partial charge in [0, 0.05) is 24.7 Å². The third kappa shape index (κ3) is 3.94. The Morgan fingerprint density at radius 2 is 1.73 bits per heavy atom. The number of benzene rings is 1. The standard InChI is InChI=1S/C19H20N2O4S/c1-12-4-2-3-5-14(12)17(22)20-13-8-10-21(11-9-13)18(23)15-6-7-16(26-15)19(24)25/h2-7,13H,8-11H2,1H3,(H,20,22)(H,24,25). The van der Waals surface area contributed by atoms with E-state index in [2.05, 4.69) is 5.32 Å². The van der Waals surface area contributed by atoms with E-state index < -0.39 is 5.97 Å². The Morgan fingerprint density at radius 1 is 1.08 bits per heavy atom. The van der Waals surface area contributed by atoms with Gasteiger partial charge >= 0.3 is 5.97 Å². The lowest BCUT2D eigenvalue weighted by atomic mass is 10.0. The van der Waals surface area contributed by atoms with E-state index >= 15 is 0 Å². The molecule has 136 valence electrons. The van der Waals surface area contributed by atoms with Gasteiger partial charge in [-0.2, -0.15) is 0 Å². The van der Waals surface area contributed by atoms with Gasteiger partial charge in [0.15, 0.2) is 0 Å². The van der Waals surface area contributed by atoms with E-state index in [9.17, 15) is 14.4 Å². The first kappa shape index (κ1) is 18.1. The van der Waals surface area contributed by atoms with Gasteiger partial charge in [-0.1, -0.05) is 18.2 Å². The van der Waals surface area contributed by atoms with Crippen LogP contribution in [0.15, 0.2) is 36.4 Å². The monoisotopic (exact) mass is 372 g/mol. The maximum Gasteiger partial charge on any atom is 0.345 e. The zero-order chi connectivity index (χ0) is 18.7. The number of hydrogen-bond acceptors (Lipinski definition) is 4. The van der Waals surface area contributed by atoms with Crippen LogP contribution in [0.25, 0.3) is 0 Å². The molecule has 7 heteroatoms. The number of carbonyl (C=O) groups excluding carboxylic acids is 2. The molecule has 1 aromatic carbocycles. The van der Waals surface area contributed by atoms with Gasteiger partial charge < -0.3 is 15.3 Å². The highest BCUT2D eigenvalue weighted by Crippen LogP contribution is 2.21. The van der Waals surface area contributed by atoms with Crippen LogP contribution in [0.5, 0.6) is 0 Å². The van der Waals surface area contributed by atoms with Gasteiger partial charge in [-0.15, -0.1) is 11.3 Å². The molecule has 0 spiro atoms. The number of amides is 2. The Balaban J connectivity index is 1.55. The van der Waals surface area contributed by atoms with E-state index in [1.807, 2.05) is 25.1 Å². The third-order valence-electron chi connectivity index (χ3n) is 4.53. The van der Waals surface area contributed by atoms with Crippen LogP contribution in [0.4, 0.5) is 0 Å². The van der Waals surface area contributed by atoms with Gasteiger partial charge in [0.1, 0.15) is 4.88 Å². The molecule has 1 aliphatic rings. The molecule has 6 nitrogen and oxygen atoms in total. The lowest BCUT2D eigenvalue weighted by Gasteiger charge is -2.32. The van der Waals surface area contributed by atoms with Crippen molar-refractivity contribution in [3.63, 3.8) is 0 Å². The lowest BCUT2D eigenvalue weighted by Crippen LogP contribution is -2.46. The van der Waals surface area contributed by atoms with E-state index in [1.54, 1.807) is 17.0 Å². The molecule has 0 unspecified atom stereocenters. The van der Waals surface area contributed by atoms with Crippen LogP contribution in [-0.2, 0) is 0 Å². The zero-order valence-corrected chi connectivity index (χ0v) is 15.2. The Hall–Kier alpha value is -2.67. The maximum absolute atomic E-state index is 12.5. The van der Waals surface area contributed by atoms with Crippen LogP contribution in [0.3, 0.4) is 0 Å².